The summed E-state index contributed by atoms with van der Waals surface area (Å²) in [5.41, 5.74) is -5.69. The Bertz CT molecular complexity index is 1000. The second-order valence-corrected chi connectivity index (χ2v) is 6.02. The summed E-state index contributed by atoms with van der Waals surface area (Å²) in [6, 6.07) is 0. The van der Waals surface area contributed by atoms with Gasteiger partial charge in [0, 0.05) is 6.61 Å². The molecule has 3 rings (SSSR count). The molecule has 1 atom stereocenters. The van der Waals surface area contributed by atoms with E-state index in [4.69, 9.17) is 4.74 Å². The Morgan fingerprint density at radius 2 is 1.80 bits per heavy atom. The van der Waals surface area contributed by atoms with Gasteiger partial charge in [-0.1, -0.05) is 0 Å². The van der Waals surface area contributed by atoms with E-state index in [-0.39, 0.29) is 17.7 Å². The van der Waals surface area contributed by atoms with Gasteiger partial charge in [0.1, 0.15) is 23.6 Å². The zero-order valence-corrected chi connectivity index (χ0v) is 14.4. The fourth-order valence-corrected chi connectivity index (χ4v) is 2.80. The van der Waals surface area contributed by atoms with Crippen LogP contribution in [0.15, 0.2) is 6.20 Å². The van der Waals surface area contributed by atoms with E-state index >= 15 is 0 Å². The van der Waals surface area contributed by atoms with E-state index in [2.05, 4.69) is 5.10 Å². The molecule has 1 fully saturated rings. The maximum atomic E-state index is 14.3. The van der Waals surface area contributed by atoms with Crippen molar-refractivity contribution in [3.05, 3.63) is 45.1 Å². The molecule has 1 aliphatic rings. The van der Waals surface area contributed by atoms with E-state index in [9.17, 15) is 45.6 Å². The van der Waals surface area contributed by atoms with Crippen LogP contribution in [0.2, 0.25) is 0 Å². The van der Waals surface area contributed by atoms with Crippen LogP contribution >= 0.6 is 0 Å². The van der Waals surface area contributed by atoms with Crippen molar-refractivity contribution in [3.63, 3.8) is 0 Å². The lowest BCUT2D eigenvalue weighted by molar-refractivity contribution is -0.384. The molecule has 1 saturated heterocycles. The fraction of sp³-hybridized carbons (Fsp3) is 0.333. The van der Waals surface area contributed by atoms with Crippen LogP contribution in [0.4, 0.5) is 42.2 Å². The van der Waals surface area contributed by atoms with Crippen molar-refractivity contribution in [1.82, 2.24) is 9.78 Å². The minimum Gasteiger partial charge on any atom is -0.368 e. The summed E-state index contributed by atoms with van der Waals surface area (Å²) in [7, 11) is 0. The van der Waals surface area contributed by atoms with Gasteiger partial charge in [-0.15, -0.1) is 0 Å². The van der Waals surface area contributed by atoms with Crippen molar-refractivity contribution in [2.24, 2.45) is 0 Å². The largest absolute Gasteiger partial charge is 0.422 e. The molecular weight excluding hydrogens is 433 g/mol. The summed E-state index contributed by atoms with van der Waals surface area (Å²) in [6.45, 7) is 0.192. The van der Waals surface area contributed by atoms with Crippen LogP contribution < -0.4 is 5.32 Å². The number of anilines is 1. The van der Waals surface area contributed by atoms with Crippen molar-refractivity contribution in [2.75, 3.05) is 11.9 Å². The maximum absolute atomic E-state index is 14.3. The number of carbonyl (C=O) groups is 1. The zero-order valence-electron chi connectivity index (χ0n) is 14.4. The van der Waals surface area contributed by atoms with Gasteiger partial charge < -0.3 is 10.1 Å². The van der Waals surface area contributed by atoms with E-state index < -0.39 is 69.1 Å². The van der Waals surface area contributed by atoms with Crippen LogP contribution in [0, 0.1) is 33.4 Å². The number of carbonyl (C=O) groups excluding carboxylic acids is 1. The van der Waals surface area contributed by atoms with Gasteiger partial charge in [-0.3, -0.25) is 14.9 Å². The van der Waals surface area contributed by atoms with Gasteiger partial charge in [-0.05, 0) is 12.8 Å². The van der Waals surface area contributed by atoms with Gasteiger partial charge in [0.2, 0.25) is 5.82 Å². The van der Waals surface area contributed by atoms with Crippen LogP contribution in [-0.4, -0.2) is 33.3 Å². The maximum Gasteiger partial charge on any atom is 0.422 e. The first kappa shape index (κ1) is 21.5. The number of rotatable bonds is 4. The minimum atomic E-state index is -5.78. The molecule has 1 N–H and O–H groups in total. The number of hydrogen-bond donors (Lipinski definition) is 1. The smallest absolute Gasteiger partial charge is 0.368 e. The predicted octanol–water partition coefficient (Wildman–Crippen LogP) is 3.47. The first-order chi connectivity index (χ1) is 13.9. The van der Waals surface area contributed by atoms with Crippen LogP contribution in [0.1, 0.15) is 18.4 Å². The van der Waals surface area contributed by atoms with Crippen LogP contribution in [0.25, 0.3) is 5.69 Å². The molecule has 0 aliphatic carbocycles. The third-order valence-electron chi connectivity index (χ3n) is 4.15. The van der Waals surface area contributed by atoms with E-state index in [1.54, 1.807) is 0 Å². The van der Waals surface area contributed by atoms with Gasteiger partial charge in [0.05, 0.1) is 4.92 Å². The van der Waals surface area contributed by atoms with Gasteiger partial charge in [-0.2, -0.15) is 18.3 Å². The first-order valence-corrected chi connectivity index (χ1v) is 8.03. The molecule has 1 aromatic heterocycles. The van der Waals surface area contributed by atoms with Crippen LogP contribution in [0.3, 0.4) is 0 Å². The Morgan fingerprint density at radius 1 is 1.20 bits per heavy atom. The van der Waals surface area contributed by atoms with E-state index in [1.807, 2.05) is 5.32 Å². The normalized spacial score (nSPS) is 16.7. The van der Waals surface area contributed by atoms with Gasteiger partial charge in [-0.25, -0.2) is 22.2 Å². The van der Waals surface area contributed by atoms with E-state index in [0.717, 1.165) is 0 Å². The molecule has 8 nitrogen and oxygen atoms in total. The number of ether oxygens (including phenoxy) is 1. The minimum absolute atomic E-state index is 0.109. The third kappa shape index (κ3) is 3.55. The number of nitrogens with zero attached hydrogens (tertiary/aromatic N) is 3. The Hall–Kier alpha value is -3.23. The van der Waals surface area contributed by atoms with E-state index in [0.29, 0.717) is 12.6 Å². The summed E-state index contributed by atoms with van der Waals surface area (Å²) in [5.74, 6) is -12.6. The average Bonchev–Trinajstić information content (AvgIpc) is 3.30. The van der Waals surface area contributed by atoms with Crippen molar-refractivity contribution in [3.8, 4) is 5.69 Å². The molecule has 0 saturated carbocycles. The Balaban J connectivity index is 2.19. The summed E-state index contributed by atoms with van der Waals surface area (Å²) in [6.07, 6.45) is -5.79. The highest BCUT2D eigenvalue weighted by Gasteiger charge is 2.43. The molecule has 0 radical (unpaired) electrons. The molecule has 0 spiro atoms. The number of aromatic nitrogens is 2. The molecule has 30 heavy (non-hydrogen) atoms. The third-order valence-corrected chi connectivity index (χ3v) is 4.15. The highest BCUT2D eigenvalue weighted by atomic mass is 19.4. The second kappa shape index (κ2) is 7.55. The molecular formula is C15H9F7N4O4. The SMILES string of the molecule is O=C(Nc1c([N+](=O)[O-])cnn1-c1c(F)c(F)c(C(F)(F)F)c(F)c1F)C1CCCO1. The summed E-state index contributed by atoms with van der Waals surface area (Å²) in [5, 5.41) is 16.3. The van der Waals surface area contributed by atoms with Gasteiger partial charge in [0.25, 0.3) is 5.91 Å². The number of nitrogens with one attached hydrogen (secondary N) is 1. The predicted molar refractivity (Wildman–Crippen MR) is 82.7 cm³/mol. The van der Waals surface area contributed by atoms with Crippen molar-refractivity contribution in [2.45, 2.75) is 25.1 Å². The molecule has 162 valence electrons. The monoisotopic (exact) mass is 442 g/mol. The van der Waals surface area contributed by atoms with Crippen molar-refractivity contribution < 1.29 is 45.2 Å². The first-order valence-electron chi connectivity index (χ1n) is 8.03. The fourth-order valence-electron chi connectivity index (χ4n) is 2.80. The van der Waals surface area contributed by atoms with Crippen molar-refractivity contribution in [1.29, 1.82) is 0 Å². The highest BCUT2D eigenvalue weighted by molar-refractivity contribution is 5.95. The molecule has 2 aromatic rings. The van der Waals surface area contributed by atoms with Crippen LogP contribution in [-0.2, 0) is 15.7 Å². The van der Waals surface area contributed by atoms with E-state index in [1.165, 1.54) is 0 Å². The Labute approximate surface area is 161 Å². The van der Waals surface area contributed by atoms with Crippen LogP contribution in [0.5, 0.6) is 0 Å². The molecule has 15 heteroatoms. The summed E-state index contributed by atoms with van der Waals surface area (Å²) in [4.78, 5) is 22.2. The Kier molecular flexibility index (Phi) is 5.40. The molecule has 1 amide bonds. The number of nitro groups is 1. The lowest BCUT2D eigenvalue weighted by Crippen LogP contribution is -2.28. The molecule has 1 unspecified atom stereocenters. The molecule has 2 heterocycles. The number of halogens is 7. The average molecular weight is 442 g/mol. The summed E-state index contributed by atoms with van der Waals surface area (Å²) < 4.78 is 99.6. The number of benzene rings is 1. The van der Waals surface area contributed by atoms with Crippen molar-refractivity contribution >= 4 is 17.4 Å². The second-order valence-electron chi connectivity index (χ2n) is 6.02. The topological polar surface area (TPSA) is 99.3 Å². The molecule has 0 bridgehead atoms. The van der Waals surface area contributed by atoms with Gasteiger partial charge in [0.15, 0.2) is 23.3 Å². The summed E-state index contributed by atoms with van der Waals surface area (Å²) >= 11 is 0. The number of hydrogen-bond acceptors (Lipinski definition) is 5. The number of amides is 1. The standard InChI is InChI=1S/C15H9F7N4O4/c16-8-7(15(20,21)22)9(17)11(19)12(10(8)18)25-13(5(4-23-25)26(28)29)24-14(27)6-2-1-3-30-6/h4,6H,1-3H2,(H,24,27). The number of alkyl halides is 3. The lowest BCUT2D eigenvalue weighted by atomic mass is 10.1. The highest BCUT2D eigenvalue weighted by Crippen LogP contribution is 2.39. The zero-order chi connectivity index (χ0) is 22.4. The molecule has 1 aliphatic heterocycles. The lowest BCUT2D eigenvalue weighted by Gasteiger charge is -2.16. The quantitative estimate of drug-likeness (QED) is 0.338. The molecule has 1 aromatic carbocycles. The Morgan fingerprint density at radius 3 is 2.27 bits per heavy atom. The van der Waals surface area contributed by atoms with Gasteiger partial charge >= 0.3 is 11.9 Å².